The van der Waals surface area contributed by atoms with Crippen molar-refractivity contribution in [2.45, 2.75) is 19.8 Å². The Labute approximate surface area is 83.6 Å². The summed E-state index contributed by atoms with van der Waals surface area (Å²) >= 11 is 0. The number of esters is 1. The van der Waals surface area contributed by atoms with Gasteiger partial charge in [0.2, 0.25) is 5.91 Å². The summed E-state index contributed by atoms with van der Waals surface area (Å²) in [5.41, 5.74) is 0. The lowest BCUT2D eigenvalue weighted by molar-refractivity contribution is -0.146. The highest BCUT2D eigenvalue weighted by molar-refractivity contribution is 5.81. The molecule has 0 saturated carbocycles. The van der Waals surface area contributed by atoms with E-state index in [9.17, 15) is 9.59 Å². The minimum Gasteiger partial charge on any atom is -0.468 e. The summed E-state index contributed by atoms with van der Waals surface area (Å²) in [5, 5.41) is 8.54. The Balaban J connectivity index is 3.98. The van der Waals surface area contributed by atoms with Crippen LogP contribution in [0.25, 0.3) is 0 Å². The zero-order valence-corrected chi connectivity index (χ0v) is 8.65. The second kappa shape index (κ2) is 7.32. The SMILES string of the molecule is CCN(CC(=O)OC)C(=O)CCCO. The molecule has 0 aromatic heterocycles. The van der Waals surface area contributed by atoms with Gasteiger partial charge in [0.05, 0.1) is 7.11 Å². The largest absolute Gasteiger partial charge is 0.468 e. The molecule has 82 valence electrons. The van der Waals surface area contributed by atoms with Gasteiger partial charge in [0, 0.05) is 19.6 Å². The van der Waals surface area contributed by atoms with Crippen LogP contribution in [0.3, 0.4) is 0 Å². The lowest BCUT2D eigenvalue weighted by atomic mass is 10.3. The first kappa shape index (κ1) is 12.9. The van der Waals surface area contributed by atoms with Crippen molar-refractivity contribution in [2.24, 2.45) is 0 Å². The number of rotatable bonds is 6. The molecule has 0 atom stereocenters. The fourth-order valence-electron chi connectivity index (χ4n) is 0.985. The number of amides is 1. The molecule has 0 rings (SSSR count). The molecule has 0 aliphatic carbocycles. The van der Waals surface area contributed by atoms with Crippen LogP contribution in [-0.2, 0) is 14.3 Å². The van der Waals surface area contributed by atoms with Gasteiger partial charge in [0.1, 0.15) is 6.54 Å². The fourth-order valence-corrected chi connectivity index (χ4v) is 0.985. The van der Waals surface area contributed by atoms with E-state index in [2.05, 4.69) is 4.74 Å². The molecule has 0 aromatic rings. The van der Waals surface area contributed by atoms with Crippen molar-refractivity contribution < 1.29 is 19.4 Å². The molecule has 1 amide bonds. The van der Waals surface area contributed by atoms with Crippen LogP contribution in [0, 0.1) is 0 Å². The maximum absolute atomic E-state index is 11.4. The predicted octanol–water partition coefficient (Wildman–Crippen LogP) is -0.220. The Morgan fingerprint density at radius 1 is 1.43 bits per heavy atom. The molecule has 5 heteroatoms. The summed E-state index contributed by atoms with van der Waals surface area (Å²) in [5.74, 6) is -0.559. The van der Waals surface area contributed by atoms with Crippen LogP contribution in [-0.4, -0.2) is 48.7 Å². The van der Waals surface area contributed by atoms with E-state index >= 15 is 0 Å². The van der Waals surface area contributed by atoms with Gasteiger partial charge in [0.15, 0.2) is 0 Å². The summed E-state index contributed by atoms with van der Waals surface area (Å²) in [6, 6.07) is 0. The van der Waals surface area contributed by atoms with Crippen molar-refractivity contribution in [3.05, 3.63) is 0 Å². The Morgan fingerprint density at radius 3 is 2.50 bits per heavy atom. The van der Waals surface area contributed by atoms with Crippen LogP contribution in [0.5, 0.6) is 0 Å². The standard InChI is InChI=1S/C9H17NO4/c1-3-10(7-9(13)14-2)8(12)5-4-6-11/h11H,3-7H2,1-2H3. The molecule has 14 heavy (non-hydrogen) atoms. The first-order chi connectivity index (χ1) is 6.65. The first-order valence-electron chi connectivity index (χ1n) is 4.61. The zero-order valence-electron chi connectivity index (χ0n) is 8.65. The van der Waals surface area contributed by atoms with Crippen molar-refractivity contribution in [2.75, 3.05) is 26.8 Å². The van der Waals surface area contributed by atoms with E-state index in [1.54, 1.807) is 6.92 Å². The van der Waals surface area contributed by atoms with Crippen LogP contribution in [0.1, 0.15) is 19.8 Å². The second-order valence-electron chi connectivity index (χ2n) is 2.81. The van der Waals surface area contributed by atoms with Gasteiger partial charge < -0.3 is 14.7 Å². The van der Waals surface area contributed by atoms with Crippen molar-refractivity contribution in [3.8, 4) is 0 Å². The van der Waals surface area contributed by atoms with Gasteiger partial charge in [-0.05, 0) is 13.3 Å². The number of hydrogen-bond acceptors (Lipinski definition) is 4. The van der Waals surface area contributed by atoms with E-state index in [1.165, 1.54) is 12.0 Å². The number of carbonyl (C=O) groups is 2. The molecule has 0 radical (unpaired) electrons. The van der Waals surface area contributed by atoms with E-state index in [4.69, 9.17) is 5.11 Å². The monoisotopic (exact) mass is 203 g/mol. The molecule has 1 N–H and O–H groups in total. The maximum Gasteiger partial charge on any atom is 0.325 e. The van der Waals surface area contributed by atoms with E-state index in [1.807, 2.05) is 0 Å². The number of aliphatic hydroxyl groups is 1. The molecule has 0 fully saturated rings. The van der Waals surface area contributed by atoms with Crippen molar-refractivity contribution in [1.82, 2.24) is 4.90 Å². The zero-order chi connectivity index (χ0) is 11.0. The van der Waals surface area contributed by atoms with Crippen LogP contribution < -0.4 is 0 Å². The van der Waals surface area contributed by atoms with Gasteiger partial charge in [-0.3, -0.25) is 9.59 Å². The third-order valence-corrected chi connectivity index (χ3v) is 1.83. The highest BCUT2D eigenvalue weighted by Gasteiger charge is 2.14. The number of ether oxygens (including phenoxy) is 1. The average molecular weight is 203 g/mol. The van der Waals surface area contributed by atoms with Gasteiger partial charge in [-0.2, -0.15) is 0 Å². The molecule has 5 nitrogen and oxygen atoms in total. The van der Waals surface area contributed by atoms with Gasteiger partial charge in [0.25, 0.3) is 0 Å². The molecule has 0 bridgehead atoms. The number of likely N-dealkylation sites (N-methyl/N-ethyl adjacent to an activating group) is 1. The summed E-state index contributed by atoms with van der Waals surface area (Å²) in [7, 11) is 1.29. The maximum atomic E-state index is 11.4. The quantitative estimate of drug-likeness (QED) is 0.606. The molecule has 0 aliphatic rings. The minimum absolute atomic E-state index is 0.0124. The van der Waals surface area contributed by atoms with Crippen molar-refractivity contribution >= 4 is 11.9 Å². The Bertz CT molecular complexity index is 193. The lowest BCUT2D eigenvalue weighted by Crippen LogP contribution is -2.35. The number of hydrogen-bond donors (Lipinski definition) is 1. The van der Waals surface area contributed by atoms with E-state index in [0.29, 0.717) is 13.0 Å². The number of nitrogens with zero attached hydrogens (tertiary/aromatic N) is 1. The first-order valence-corrected chi connectivity index (χ1v) is 4.61. The molecular weight excluding hydrogens is 186 g/mol. The van der Waals surface area contributed by atoms with Gasteiger partial charge in [-0.1, -0.05) is 0 Å². The van der Waals surface area contributed by atoms with Crippen molar-refractivity contribution in [3.63, 3.8) is 0 Å². The van der Waals surface area contributed by atoms with Crippen LogP contribution in [0.2, 0.25) is 0 Å². The molecule has 0 aliphatic heterocycles. The predicted molar refractivity (Wildman–Crippen MR) is 50.6 cm³/mol. The average Bonchev–Trinajstić information content (AvgIpc) is 2.21. The molecule has 0 unspecified atom stereocenters. The Kier molecular flexibility index (Phi) is 6.74. The van der Waals surface area contributed by atoms with Gasteiger partial charge >= 0.3 is 5.97 Å². The lowest BCUT2D eigenvalue weighted by Gasteiger charge is -2.18. The smallest absolute Gasteiger partial charge is 0.325 e. The Hall–Kier alpha value is -1.10. The van der Waals surface area contributed by atoms with E-state index in [0.717, 1.165) is 0 Å². The second-order valence-corrected chi connectivity index (χ2v) is 2.81. The van der Waals surface area contributed by atoms with Gasteiger partial charge in [-0.15, -0.1) is 0 Å². The third-order valence-electron chi connectivity index (χ3n) is 1.83. The summed E-state index contributed by atoms with van der Waals surface area (Å²) in [4.78, 5) is 23.7. The number of methoxy groups -OCH3 is 1. The Morgan fingerprint density at radius 2 is 2.07 bits per heavy atom. The minimum atomic E-state index is -0.427. The highest BCUT2D eigenvalue weighted by atomic mass is 16.5. The van der Waals surface area contributed by atoms with Crippen LogP contribution in [0.15, 0.2) is 0 Å². The normalized spacial score (nSPS) is 9.64. The van der Waals surface area contributed by atoms with E-state index in [-0.39, 0.29) is 25.5 Å². The summed E-state index contributed by atoms with van der Waals surface area (Å²) in [6.07, 6.45) is 0.692. The molecular formula is C9H17NO4. The molecule has 0 heterocycles. The molecule has 0 aromatic carbocycles. The topological polar surface area (TPSA) is 66.8 Å². The number of carbonyl (C=O) groups excluding carboxylic acids is 2. The summed E-state index contributed by atoms with van der Waals surface area (Å²) < 4.78 is 4.45. The number of aliphatic hydroxyl groups excluding tert-OH is 1. The van der Waals surface area contributed by atoms with Crippen molar-refractivity contribution in [1.29, 1.82) is 0 Å². The summed E-state index contributed by atoms with van der Waals surface area (Å²) in [6.45, 7) is 2.23. The van der Waals surface area contributed by atoms with Crippen LogP contribution >= 0.6 is 0 Å². The third kappa shape index (κ3) is 4.81. The van der Waals surface area contributed by atoms with Crippen LogP contribution in [0.4, 0.5) is 0 Å². The van der Waals surface area contributed by atoms with Gasteiger partial charge in [-0.25, -0.2) is 0 Å². The highest BCUT2D eigenvalue weighted by Crippen LogP contribution is 1.97. The molecule has 0 spiro atoms. The van der Waals surface area contributed by atoms with E-state index < -0.39 is 5.97 Å². The molecule has 0 saturated heterocycles. The fraction of sp³-hybridized carbons (Fsp3) is 0.778.